The first-order valence-corrected chi connectivity index (χ1v) is 6.24. The van der Waals surface area contributed by atoms with Crippen LogP contribution in [0.5, 0.6) is 0 Å². The van der Waals surface area contributed by atoms with Crippen molar-refractivity contribution in [3.8, 4) is 0 Å². The normalized spacial score (nSPS) is 9.67. The fourth-order valence-electron chi connectivity index (χ4n) is 1.17. The lowest BCUT2D eigenvalue weighted by Gasteiger charge is -2.09. The summed E-state index contributed by atoms with van der Waals surface area (Å²) in [6.45, 7) is 1.83. The van der Waals surface area contributed by atoms with Crippen LogP contribution < -0.4 is 16.4 Å². The second-order valence-corrected chi connectivity index (χ2v) is 4.89. The largest absolute Gasteiger partial charge is 0.392 e. The van der Waals surface area contributed by atoms with Crippen LogP contribution in [0, 0.1) is 6.92 Å². The zero-order valence-corrected chi connectivity index (χ0v) is 12.0. The first-order chi connectivity index (χ1) is 8.41. The smallest absolute Gasteiger partial charge is 0.313 e. The molecule has 1 rings (SSSR count). The molecule has 0 saturated heterocycles. The molecule has 0 aliphatic rings. The van der Waals surface area contributed by atoms with Gasteiger partial charge in [0.1, 0.15) is 0 Å². The fourth-order valence-corrected chi connectivity index (χ4v) is 1.61. The Bertz CT molecular complexity index is 505. The molecule has 1 aromatic rings. The first-order valence-electron chi connectivity index (χ1n) is 5.04. The Balaban J connectivity index is 2.67. The van der Waals surface area contributed by atoms with Crippen LogP contribution in [0.25, 0.3) is 0 Å². The number of carbonyl (C=O) groups excluding carboxylic acids is 2. The Morgan fingerprint density at radius 3 is 2.67 bits per heavy atom. The van der Waals surface area contributed by atoms with Crippen LogP contribution in [0.2, 0.25) is 0 Å². The minimum atomic E-state index is -0.776. The molecule has 1 aromatic carbocycles. The molecular formula is C11H12BrN3O2S. The topological polar surface area (TPSA) is 84.2 Å². The lowest BCUT2D eigenvalue weighted by atomic mass is 10.2. The number of carbonyl (C=O) groups is 2. The molecule has 0 aliphatic heterocycles. The van der Waals surface area contributed by atoms with Gasteiger partial charge in [0.05, 0.1) is 11.5 Å². The third kappa shape index (κ3) is 4.08. The van der Waals surface area contributed by atoms with E-state index in [-0.39, 0.29) is 11.5 Å². The highest BCUT2D eigenvalue weighted by atomic mass is 79.9. The monoisotopic (exact) mass is 329 g/mol. The van der Waals surface area contributed by atoms with E-state index in [1.807, 2.05) is 13.0 Å². The van der Waals surface area contributed by atoms with Gasteiger partial charge in [-0.2, -0.15) is 0 Å². The molecule has 0 heterocycles. The minimum absolute atomic E-state index is 0.000940. The standard InChI is InChI=1S/C11H12BrN3O2S/c1-6-7(12)3-2-4-8(6)15-11(17)10(16)14-5-9(13)18/h2-4H,5H2,1H3,(H2,13,18)(H,14,16)(H,15,17). The van der Waals surface area contributed by atoms with E-state index in [1.54, 1.807) is 12.1 Å². The van der Waals surface area contributed by atoms with E-state index in [1.165, 1.54) is 0 Å². The van der Waals surface area contributed by atoms with E-state index < -0.39 is 11.8 Å². The van der Waals surface area contributed by atoms with Crippen molar-refractivity contribution in [2.45, 2.75) is 6.92 Å². The van der Waals surface area contributed by atoms with Crippen LogP contribution in [0.4, 0.5) is 5.69 Å². The van der Waals surface area contributed by atoms with Gasteiger partial charge in [0.25, 0.3) is 0 Å². The third-order valence-electron chi connectivity index (χ3n) is 2.15. The maximum Gasteiger partial charge on any atom is 0.313 e. The summed E-state index contributed by atoms with van der Waals surface area (Å²) in [4.78, 5) is 23.1. The molecule has 0 saturated carbocycles. The van der Waals surface area contributed by atoms with E-state index in [9.17, 15) is 9.59 Å². The van der Waals surface area contributed by atoms with Crippen LogP contribution in [-0.2, 0) is 9.59 Å². The zero-order chi connectivity index (χ0) is 13.7. The molecular weight excluding hydrogens is 318 g/mol. The second kappa shape index (κ2) is 6.46. The molecule has 96 valence electrons. The van der Waals surface area contributed by atoms with Gasteiger partial charge in [-0.05, 0) is 24.6 Å². The van der Waals surface area contributed by atoms with Crippen LogP contribution in [0.15, 0.2) is 22.7 Å². The summed E-state index contributed by atoms with van der Waals surface area (Å²) in [7, 11) is 0. The highest BCUT2D eigenvalue weighted by Gasteiger charge is 2.14. The number of anilines is 1. The summed E-state index contributed by atoms with van der Waals surface area (Å²) < 4.78 is 0.851. The van der Waals surface area contributed by atoms with Crippen molar-refractivity contribution < 1.29 is 9.59 Å². The van der Waals surface area contributed by atoms with E-state index in [4.69, 9.17) is 5.73 Å². The van der Waals surface area contributed by atoms with Gasteiger partial charge in [-0.15, -0.1) is 0 Å². The van der Waals surface area contributed by atoms with Gasteiger partial charge in [-0.1, -0.05) is 34.2 Å². The maximum absolute atomic E-state index is 11.6. The Morgan fingerprint density at radius 1 is 1.39 bits per heavy atom. The number of thiocarbonyl (C=S) groups is 1. The Morgan fingerprint density at radius 2 is 2.06 bits per heavy atom. The molecule has 0 radical (unpaired) electrons. The van der Waals surface area contributed by atoms with Crippen molar-refractivity contribution >= 4 is 50.6 Å². The quantitative estimate of drug-likeness (QED) is 0.572. The Hall–Kier alpha value is -1.47. The summed E-state index contributed by atoms with van der Waals surface area (Å²) in [5.74, 6) is -1.53. The molecule has 0 bridgehead atoms. The molecule has 0 aromatic heterocycles. The van der Waals surface area contributed by atoms with Crippen LogP contribution in [0.1, 0.15) is 5.56 Å². The fraction of sp³-hybridized carbons (Fsp3) is 0.182. The highest BCUT2D eigenvalue weighted by Crippen LogP contribution is 2.23. The molecule has 4 N–H and O–H groups in total. The lowest BCUT2D eigenvalue weighted by molar-refractivity contribution is -0.135. The predicted molar refractivity (Wildman–Crippen MR) is 77.3 cm³/mol. The molecule has 5 nitrogen and oxygen atoms in total. The van der Waals surface area contributed by atoms with Crippen molar-refractivity contribution in [3.05, 3.63) is 28.2 Å². The Labute approximate surface area is 118 Å². The molecule has 0 unspecified atom stereocenters. The van der Waals surface area contributed by atoms with Gasteiger partial charge in [-0.25, -0.2) is 0 Å². The minimum Gasteiger partial charge on any atom is -0.392 e. The van der Waals surface area contributed by atoms with Gasteiger partial charge < -0.3 is 16.4 Å². The van der Waals surface area contributed by atoms with Gasteiger partial charge >= 0.3 is 11.8 Å². The summed E-state index contributed by atoms with van der Waals surface area (Å²) in [6.07, 6.45) is 0. The molecule has 0 aliphatic carbocycles. The highest BCUT2D eigenvalue weighted by molar-refractivity contribution is 9.10. The number of benzene rings is 1. The number of rotatable bonds is 3. The first kappa shape index (κ1) is 14.6. The van der Waals surface area contributed by atoms with Gasteiger partial charge in [-0.3, -0.25) is 9.59 Å². The summed E-state index contributed by atoms with van der Waals surface area (Å²) in [6, 6.07) is 5.32. The average Bonchev–Trinajstić information content (AvgIpc) is 2.31. The number of nitrogens with two attached hydrogens (primary N) is 1. The predicted octanol–water partition coefficient (Wildman–Crippen LogP) is 1.10. The van der Waals surface area contributed by atoms with Crippen molar-refractivity contribution in [2.75, 3.05) is 11.9 Å². The van der Waals surface area contributed by atoms with Crippen molar-refractivity contribution in [1.82, 2.24) is 5.32 Å². The summed E-state index contributed by atoms with van der Waals surface area (Å²) >= 11 is 7.93. The molecule has 0 atom stereocenters. The number of amides is 2. The third-order valence-corrected chi connectivity index (χ3v) is 3.15. The number of halogens is 1. The van der Waals surface area contributed by atoms with Crippen LogP contribution >= 0.6 is 28.1 Å². The van der Waals surface area contributed by atoms with E-state index >= 15 is 0 Å². The van der Waals surface area contributed by atoms with E-state index in [0.717, 1.165) is 10.0 Å². The number of hydrogen-bond donors (Lipinski definition) is 3. The van der Waals surface area contributed by atoms with Crippen LogP contribution in [-0.4, -0.2) is 23.3 Å². The van der Waals surface area contributed by atoms with E-state index in [2.05, 4.69) is 38.8 Å². The number of nitrogens with one attached hydrogen (secondary N) is 2. The van der Waals surface area contributed by atoms with Gasteiger partial charge in [0, 0.05) is 10.2 Å². The second-order valence-electron chi connectivity index (χ2n) is 3.52. The van der Waals surface area contributed by atoms with Crippen LogP contribution in [0.3, 0.4) is 0 Å². The number of hydrogen-bond acceptors (Lipinski definition) is 3. The molecule has 0 spiro atoms. The molecule has 2 amide bonds. The Kier molecular flexibility index (Phi) is 5.24. The van der Waals surface area contributed by atoms with Gasteiger partial charge in [0.2, 0.25) is 0 Å². The van der Waals surface area contributed by atoms with E-state index in [0.29, 0.717) is 5.69 Å². The van der Waals surface area contributed by atoms with Gasteiger partial charge in [0.15, 0.2) is 0 Å². The van der Waals surface area contributed by atoms with Crippen molar-refractivity contribution in [2.24, 2.45) is 5.73 Å². The molecule has 0 fully saturated rings. The molecule has 18 heavy (non-hydrogen) atoms. The van der Waals surface area contributed by atoms with Crippen molar-refractivity contribution in [1.29, 1.82) is 0 Å². The van der Waals surface area contributed by atoms with Crippen molar-refractivity contribution in [3.63, 3.8) is 0 Å². The lowest BCUT2D eigenvalue weighted by Crippen LogP contribution is -2.39. The SMILES string of the molecule is Cc1c(Br)cccc1NC(=O)C(=O)NCC(N)=S. The summed E-state index contributed by atoms with van der Waals surface area (Å²) in [5.41, 5.74) is 6.63. The maximum atomic E-state index is 11.6. The zero-order valence-electron chi connectivity index (χ0n) is 9.62. The summed E-state index contributed by atoms with van der Waals surface area (Å²) in [5, 5.41) is 4.82. The average molecular weight is 330 g/mol. The molecule has 7 heteroatoms.